The quantitative estimate of drug-likeness (QED) is 0.554. The largest absolute Gasteiger partial charge is 0.449 e. The summed E-state index contributed by atoms with van der Waals surface area (Å²) in [6.07, 6.45) is 9.98. The van der Waals surface area contributed by atoms with E-state index >= 15 is 0 Å². The first kappa shape index (κ1) is 14.5. The molecule has 1 heterocycles. The average molecular weight is 260 g/mol. The molecule has 0 aliphatic carbocycles. The van der Waals surface area contributed by atoms with Gasteiger partial charge in [0.05, 0.1) is 0 Å². The molecule has 0 unspecified atom stereocenters. The van der Waals surface area contributed by atoms with E-state index in [1.54, 1.807) is 13.8 Å². The van der Waals surface area contributed by atoms with Crippen molar-refractivity contribution in [1.82, 2.24) is 0 Å². The van der Waals surface area contributed by atoms with Crippen LogP contribution < -0.4 is 0 Å². The predicted molar refractivity (Wildman–Crippen MR) is 65.5 cm³/mol. The molecule has 0 spiro atoms. The number of esters is 2. The van der Waals surface area contributed by atoms with Crippen molar-refractivity contribution >= 4 is 11.9 Å². The molecule has 0 radical (unpaired) electrons. The van der Waals surface area contributed by atoms with Crippen LogP contribution in [-0.4, -0.2) is 30.7 Å². The average Bonchev–Trinajstić information content (AvgIpc) is 2.68. The van der Waals surface area contributed by atoms with Crippen LogP contribution in [-0.2, 0) is 19.1 Å². The van der Waals surface area contributed by atoms with Gasteiger partial charge in [0.1, 0.15) is 11.1 Å². The molecule has 0 aromatic carbocycles. The van der Waals surface area contributed by atoms with Crippen molar-refractivity contribution < 1.29 is 19.1 Å². The summed E-state index contributed by atoms with van der Waals surface area (Å²) < 4.78 is 9.51. The van der Waals surface area contributed by atoms with Crippen LogP contribution in [0.1, 0.15) is 13.8 Å². The maximum absolute atomic E-state index is 11.9. The molecule has 19 heavy (non-hydrogen) atoms. The summed E-state index contributed by atoms with van der Waals surface area (Å²) in [5.74, 6) is 2.73. The van der Waals surface area contributed by atoms with Crippen LogP contribution in [0.4, 0.5) is 0 Å². The summed E-state index contributed by atoms with van der Waals surface area (Å²) >= 11 is 0. The first-order chi connectivity index (χ1) is 8.94. The van der Waals surface area contributed by atoms with Gasteiger partial charge in [0.25, 0.3) is 0 Å². The number of carbonyl (C=O) groups is 2. The molecule has 6 nitrogen and oxygen atoms in total. The summed E-state index contributed by atoms with van der Waals surface area (Å²) in [6.45, 7) is 2.81. The van der Waals surface area contributed by atoms with Gasteiger partial charge in [0.15, 0.2) is 18.9 Å². The fourth-order valence-electron chi connectivity index (χ4n) is 1.41. The Bertz CT molecular complexity index is 544. The Morgan fingerprint density at radius 3 is 2.21 bits per heavy atom. The number of azo groups is 1. The van der Waals surface area contributed by atoms with Gasteiger partial charge in [0.2, 0.25) is 0 Å². The lowest BCUT2D eigenvalue weighted by molar-refractivity contribution is -0.141. The Balaban J connectivity index is 3.04. The lowest BCUT2D eigenvalue weighted by atomic mass is 9.94. The number of rotatable bonds is 4. The van der Waals surface area contributed by atoms with Gasteiger partial charge in [-0.25, -0.2) is 9.59 Å². The number of hydrogen-bond donors (Lipinski definition) is 0. The summed E-state index contributed by atoms with van der Waals surface area (Å²) in [5.41, 5.74) is -1.18. The molecule has 0 aromatic rings. The summed E-state index contributed by atoms with van der Waals surface area (Å²) in [5, 5.41) is 7.50. The van der Waals surface area contributed by atoms with Crippen LogP contribution in [0.2, 0.25) is 0 Å². The van der Waals surface area contributed by atoms with E-state index in [0.29, 0.717) is 0 Å². The van der Waals surface area contributed by atoms with Crippen LogP contribution in [0.15, 0.2) is 21.5 Å². The van der Waals surface area contributed by atoms with Crippen molar-refractivity contribution in [2.45, 2.75) is 19.4 Å². The van der Waals surface area contributed by atoms with Crippen LogP contribution in [0.3, 0.4) is 0 Å². The van der Waals surface area contributed by atoms with Crippen LogP contribution in [0, 0.1) is 24.7 Å². The predicted octanol–water partition coefficient (Wildman–Crippen LogP) is 0.838. The van der Waals surface area contributed by atoms with Crippen molar-refractivity contribution in [2.75, 3.05) is 13.2 Å². The highest BCUT2D eigenvalue weighted by molar-refractivity contribution is 6.02. The van der Waals surface area contributed by atoms with Crippen molar-refractivity contribution in [3.63, 3.8) is 0 Å². The SMILES string of the molecule is C#CCOC(=O)C1=C(C(=O)OCC#C)C(C)(C)N=N1. The van der Waals surface area contributed by atoms with E-state index in [1.807, 2.05) is 0 Å². The molecule has 0 atom stereocenters. The van der Waals surface area contributed by atoms with Crippen molar-refractivity contribution in [1.29, 1.82) is 0 Å². The molecule has 0 saturated heterocycles. The third kappa shape index (κ3) is 3.20. The molecular formula is C13H12N2O4. The first-order valence-corrected chi connectivity index (χ1v) is 5.33. The normalized spacial score (nSPS) is 15.6. The second-order valence-electron chi connectivity index (χ2n) is 4.04. The van der Waals surface area contributed by atoms with Gasteiger partial charge < -0.3 is 9.47 Å². The number of carbonyl (C=O) groups excluding carboxylic acids is 2. The minimum Gasteiger partial charge on any atom is -0.449 e. The number of terminal acetylenes is 2. The standard InChI is InChI=1S/C13H12N2O4/c1-5-7-18-11(16)9-10(12(17)19-8-6-2)14-15-13(9,3)4/h1-2H,7-8H2,3-4H3. The molecule has 0 N–H and O–H groups in total. The molecule has 0 amide bonds. The van der Waals surface area contributed by atoms with Crippen LogP contribution in [0.5, 0.6) is 0 Å². The Labute approximate surface area is 110 Å². The molecule has 6 heteroatoms. The van der Waals surface area contributed by atoms with E-state index in [9.17, 15) is 9.59 Å². The lowest BCUT2D eigenvalue weighted by Gasteiger charge is -2.16. The fourth-order valence-corrected chi connectivity index (χ4v) is 1.41. The molecular weight excluding hydrogens is 248 g/mol. The van der Waals surface area contributed by atoms with E-state index in [0.717, 1.165) is 0 Å². The number of nitrogens with zero attached hydrogens (tertiary/aromatic N) is 2. The number of ether oxygens (including phenoxy) is 2. The van der Waals surface area contributed by atoms with Crippen molar-refractivity contribution in [3.8, 4) is 24.7 Å². The van der Waals surface area contributed by atoms with Crippen molar-refractivity contribution in [3.05, 3.63) is 11.3 Å². The first-order valence-electron chi connectivity index (χ1n) is 5.33. The van der Waals surface area contributed by atoms with Gasteiger partial charge in [-0.1, -0.05) is 11.8 Å². The Hall–Kier alpha value is -2.60. The molecule has 98 valence electrons. The molecule has 1 aliphatic heterocycles. The van der Waals surface area contributed by atoms with Crippen LogP contribution in [0.25, 0.3) is 0 Å². The van der Waals surface area contributed by atoms with Gasteiger partial charge in [-0.05, 0) is 13.8 Å². The highest BCUT2D eigenvalue weighted by Gasteiger charge is 2.40. The Morgan fingerprint density at radius 1 is 1.16 bits per heavy atom. The fraction of sp³-hybridized carbons (Fsp3) is 0.385. The van der Waals surface area contributed by atoms with Crippen LogP contribution >= 0.6 is 0 Å². The smallest absolute Gasteiger partial charge is 0.360 e. The zero-order valence-corrected chi connectivity index (χ0v) is 10.6. The molecule has 0 bridgehead atoms. The van der Waals surface area contributed by atoms with Gasteiger partial charge in [0, 0.05) is 0 Å². The minimum atomic E-state index is -0.976. The second kappa shape index (κ2) is 5.83. The molecule has 0 fully saturated rings. The maximum Gasteiger partial charge on any atom is 0.360 e. The molecule has 0 saturated carbocycles. The zero-order valence-electron chi connectivity index (χ0n) is 10.6. The van der Waals surface area contributed by atoms with Gasteiger partial charge in [-0.3, -0.25) is 0 Å². The topological polar surface area (TPSA) is 77.3 Å². The van der Waals surface area contributed by atoms with Gasteiger partial charge in [-0.2, -0.15) is 5.11 Å². The monoisotopic (exact) mass is 260 g/mol. The van der Waals surface area contributed by atoms with Gasteiger partial charge in [-0.15, -0.1) is 18.0 Å². The molecule has 1 aliphatic rings. The van der Waals surface area contributed by atoms with E-state index in [-0.39, 0.29) is 24.5 Å². The van der Waals surface area contributed by atoms with Gasteiger partial charge >= 0.3 is 11.9 Å². The highest BCUT2D eigenvalue weighted by atomic mass is 16.5. The van der Waals surface area contributed by atoms with E-state index in [1.165, 1.54) is 0 Å². The lowest BCUT2D eigenvalue weighted by Crippen LogP contribution is -2.27. The van der Waals surface area contributed by atoms with E-state index in [2.05, 4.69) is 22.1 Å². The molecule has 0 aromatic heterocycles. The summed E-state index contributed by atoms with van der Waals surface area (Å²) in [6, 6.07) is 0. The zero-order chi connectivity index (χ0) is 14.5. The summed E-state index contributed by atoms with van der Waals surface area (Å²) in [4.78, 5) is 23.6. The Kier molecular flexibility index (Phi) is 4.44. The third-order valence-electron chi connectivity index (χ3n) is 2.22. The third-order valence-corrected chi connectivity index (χ3v) is 2.22. The van der Waals surface area contributed by atoms with Crippen molar-refractivity contribution in [2.24, 2.45) is 10.2 Å². The minimum absolute atomic E-state index is 0.00442. The molecule has 1 rings (SSSR count). The summed E-state index contributed by atoms with van der Waals surface area (Å²) in [7, 11) is 0. The number of hydrogen-bond acceptors (Lipinski definition) is 6. The second-order valence-corrected chi connectivity index (χ2v) is 4.04. The highest BCUT2D eigenvalue weighted by Crippen LogP contribution is 2.33. The van der Waals surface area contributed by atoms with E-state index < -0.39 is 17.5 Å². The Morgan fingerprint density at radius 2 is 1.68 bits per heavy atom. The maximum atomic E-state index is 11.9. The van der Waals surface area contributed by atoms with E-state index in [4.69, 9.17) is 22.3 Å².